The van der Waals surface area contributed by atoms with Crippen LogP contribution in [0.4, 0.5) is 0 Å². The van der Waals surface area contributed by atoms with Crippen molar-refractivity contribution in [3.8, 4) is 5.75 Å². The van der Waals surface area contributed by atoms with Gasteiger partial charge in [-0.3, -0.25) is 0 Å². The van der Waals surface area contributed by atoms with E-state index in [4.69, 9.17) is 0 Å². The Bertz CT molecular complexity index is 535. The minimum absolute atomic E-state index is 0.105. The molecule has 2 nitrogen and oxygen atoms in total. The lowest BCUT2D eigenvalue weighted by Gasteiger charge is -2.30. The van der Waals surface area contributed by atoms with Crippen LogP contribution in [0.15, 0.2) is 24.3 Å². The van der Waals surface area contributed by atoms with Gasteiger partial charge in [0, 0.05) is 5.41 Å². The number of aromatic hydroxyl groups is 1. The van der Waals surface area contributed by atoms with Gasteiger partial charge in [0.15, 0.2) is 0 Å². The van der Waals surface area contributed by atoms with Gasteiger partial charge in [-0.2, -0.15) is 0 Å². The summed E-state index contributed by atoms with van der Waals surface area (Å²) in [5, 5.41) is 20.6. The maximum atomic E-state index is 10.8. The number of hydrogen-bond acceptors (Lipinski definition) is 2. The van der Waals surface area contributed by atoms with E-state index in [9.17, 15) is 10.2 Å². The highest BCUT2D eigenvalue weighted by Gasteiger charge is 2.28. The van der Waals surface area contributed by atoms with E-state index >= 15 is 0 Å². The summed E-state index contributed by atoms with van der Waals surface area (Å²) in [6, 6.07) is 4.20. The molecule has 1 unspecified atom stereocenters. The fraction of sp³-hybridized carbons (Fsp3) is 0.619. The standard InChI is InChI=1S/C21H34O2/c1-9-10-21(8,14-22)13-15-11-16(19(2,3)4)18(23)17(12-15)20(5,6)7/h9-12,22-23H,13-14H2,1-8H3/b10-9+. The number of phenols is 1. The Morgan fingerprint density at radius 3 is 1.65 bits per heavy atom. The molecule has 0 saturated carbocycles. The van der Waals surface area contributed by atoms with Crippen molar-refractivity contribution in [3.63, 3.8) is 0 Å². The average Bonchev–Trinajstić information content (AvgIpc) is 2.38. The largest absolute Gasteiger partial charge is 0.507 e. The molecule has 0 spiro atoms. The first-order chi connectivity index (χ1) is 10.3. The van der Waals surface area contributed by atoms with Gasteiger partial charge in [-0.1, -0.05) is 72.8 Å². The Hall–Kier alpha value is -1.28. The molecule has 0 saturated heterocycles. The van der Waals surface area contributed by atoms with Gasteiger partial charge in [0.05, 0.1) is 6.61 Å². The summed E-state index contributed by atoms with van der Waals surface area (Å²) in [4.78, 5) is 0. The van der Waals surface area contributed by atoms with Crippen LogP contribution in [0, 0.1) is 5.41 Å². The number of allylic oxidation sites excluding steroid dienone is 1. The molecule has 0 radical (unpaired) electrons. The number of benzene rings is 1. The lowest BCUT2D eigenvalue weighted by Crippen LogP contribution is -2.23. The van der Waals surface area contributed by atoms with Crippen molar-refractivity contribution in [2.24, 2.45) is 5.41 Å². The summed E-state index contributed by atoms with van der Waals surface area (Å²) in [6.45, 7) is 16.9. The summed E-state index contributed by atoms with van der Waals surface area (Å²) >= 11 is 0. The van der Waals surface area contributed by atoms with Crippen LogP contribution in [0.5, 0.6) is 5.75 Å². The van der Waals surface area contributed by atoms with E-state index < -0.39 is 0 Å². The van der Waals surface area contributed by atoms with Gasteiger partial charge in [-0.15, -0.1) is 0 Å². The predicted molar refractivity (Wildman–Crippen MR) is 99.2 cm³/mol. The maximum absolute atomic E-state index is 10.8. The number of rotatable bonds is 4. The van der Waals surface area contributed by atoms with Gasteiger partial charge in [0.2, 0.25) is 0 Å². The van der Waals surface area contributed by atoms with E-state index in [0.717, 1.165) is 23.1 Å². The second-order valence-corrected chi connectivity index (χ2v) is 9.03. The Kier molecular flexibility index (Phi) is 5.74. The first-order valence-corrected chi connectivity index (χ1v) is 8.45. The molecule has 0 bridgehead atoms. The molecule has 23 heavy (non-hydrogen) atoms. The molecule has 1 rings (SSSR count). The molecular weight excluding hydrogens is 284 g/mol. The van der Waals surface area contributed by atoms with E-state index in [1.807, 2.05) is 13.0 Å². The second-order valence-electron chi connectivity index (χ2n) is 9.03. The molecule has 0 aromatic heterocycles. The maximum Gasteiger partial charge on any atom is 0.123 e. The Labute approximate surface area is 142 Å². The van der Waals surface area contributed by atoms with Gasteiger partial charge >= 0.3 is 0 Å². The molecule has 0 aliphatic carbocycles. The molecule has 0 aliphatic heterocycles. The average molecular weight is 319 g/mol. The normalized spacial score (nSPS) is 15.9. The third kappa shape index (κ3) is 4.84. The number of hydrogen-bond donors (Lipinski definition) is 2. The highest BCUT2D eigenvalue weighted by atomic mass is 16.3. The highest BCUT2D eigenvalue weighted by Crippen LogP contribution is 2.40. The fourth-order valence-electron chi connectivity index (χ4n) is 2.98. The predicted octanol–water partition coefficient (Wildman–Crippen LogP) is 5.10. The molecule has 2 heteroatoms. The zero-order valence-electron chi connectivity index (χ0n) is 16.1. The topological polar surface area (TPSA) is 40.5 Å². The van der Waals surface area contributed by atoms with Gasteiger partial charge in [0.25, 0.3) is 0 Å². The third-order valence-corrected chi connectivity index (χ3v) is 4.32. The lowest BCUT2D eigenvalue weighted by molar-refractivity contribution is 0.184. The van der Waals surface area contributed by atoms with E-state index in [-0.39, 0.29) is 22.9 Å². The van der Waals surface area contributed by atoms with Crippen molar-refractivity contribution in [1.82, 2.24) is 0 Å². The molecule has 1 atom stereocenters. The van der Waals surface area contributed by atoms with Crippen LogP contribution in [-0.4, -0.2) is 16.8 Å². The summed E-state index contributed by atoms with van der Waals surface area (Å²) in [5.41, 5.74) is 2.57. The summed E-state index contributed by atoms with van der Waals surface area (Å²) in [5.74, 6) is 0.408. The van der Waals surface area contributed by atoms with Crippen LogP contribution in [0.2, 0.25) is 0 Å². The lowest BCUT2D eigenvalue weighted by atomic mass is 9.76. The van der Waals surface area contributed by atoms with Crippen molar-refractivity contribution in [3.05, 3.63) is 41.0 Å². The molecule has 1 aromatic carbocycles. The van der Waals surface area contributed by atoms with Crippen LogP contribution in [0.1, 0.15) is 72.1 Å². The summed E-state index contributed by atoms with van der Waals surface area (Å²) in [7, 11) is 0. The molecule has 2 N–H and O–H groups in total. The highest BCUT2D eigenvalue weighted by molar-refractivity contribution is 5.50. The number of aliphatic hydroxyl groups excluding tert-OH is 1. The van der Waals surface area contributed by atoms with Crippen molar-refractivity contribution in [2.75, 3.05) is 6.61 Å². The van der Waals surface area contributed by atoms with Crippen LogP contribution >= 0.6 is 0 Å². The zero-order valence-corrected chi connectivity index (χ0v) is 16.1. The first-order valence-electron chi connectivity index (χ1n) is 8.45. The van der Waals surface area contributed by atoms with E-state index in [1.54, 1.807) is 0 Å². The fourth-order valence-corrected chi connectivity index (χ4v) is 2.98. The third-order valence-electron chi connectivity index (χ3n) is 4.32. The van der Waals surface area contributed by atoms with Crippen molar-refractivity contribution >= 4 is 0 Å². The molecule has 1 aromatic rings. The van der Waals surface area contributed by atoms with Crippen molar-refractivity contribution in [2.45, 2.75) is 72.6 Å². The zero-order chi connectivity index (χ0) is 18.1. The Balaban J connectivity index is 3.51. The summed E-state index contributed by atoms with van der Waals surface area (Å²) < 4.78 is 0. The molecule has 0 aliphatic rings. The molecular formula is C21H34O2. The Morgan fingerprint density at radius 1 is 0.913 bits per heavy atom. The van der Waals surface area contributed by atoms with Crippen LogP contribution in [0.3, 0.4) is 0 Å². The first kappa shape index (κ1) is 19.8. The van der Waals surface area contributed by atoms with Crippen molar-refractivity contribution < 1.29 is 10.2 Å². The van der Waals surface area contributed by atoms with Crippen molar-refractivity contribution in [1.29, 1.82) is 0 Å². The van der Waals surface area contributed by atoms with Crippen LogP contribution in [-0.2, 0) is 17.3 Å². The monoisotopic (exact) mass is 318 g/mol. The molecule has 0 amide bonds. The van der Waals surface area contributed by atoms with Gasteiger partial charge in [-0.05, 0) is 40.9 Å². The van der Waals surface area contributed by atoms with Gasteiger partial charge in [-0.25, -0.2) is 0 Å². The van der Waals surface area contributed by atoms with E-state index in [2.05, 4.69) is 66.7 Å². The summed E-state index contributed by atoms with van der Waals surface area (Å²) in [6.07, 6.45) is 4.81. The molecule has 130 valence electrons. The number of aliphatic hydroxyl groups is 1. The minimum Gasteiger partial charge on any atom is -0.507 e. The van der Waals surface area contributed by atoms with Crippen LogP contribution < -0.4 is 0 Å². The minimum atomic E-state index is -0.282. The van der Waals surface area contributed by atoms with Crippen LogP contribution in [0.25, 0.3) is 0 Å². The molecule has 0 heterocycles. The van der Waals surface area contributed by atoms with Gasteiger partial charge < -0.3 is 10.2 Å². The van der Waals surface area contributed by atoms with E-state index in [0.29, 0.717) is 5.75 Å². The Morgan fingerprint density at radius 2 is 1.35 bits per heavy atom. The molecule has 0 fully saturated rings. The number of phenolic OH excluding ortho intramolecular Hbond substituents is 1. The van der Waals surface area contributed by atoms with Gasteiger partial charge in [0.1, 0.15) is 5.75 Å². The smallest absolute Gasteiger partial charge is 0.123 e. The SMILES string of the molecule is C/C=C/C(C)(CO)Cc1cc(C(C)(C)C)c(O)c(C(C)(C)C)c1. The van der Waals surface area contributed by atoms with E-state index in [1.165, 1.54) is 0 Å². The second kappa shape index (κ2) is 6.68. The quantitative estimate of drug-likeness (QED) is 0.758.